The maximum absolute atomic E-state index is 5.97. The highest BCUT2D eigenvalue weighted by Crippen LogP contribution is 2.22. The molecule has 0 aliphatic heterocycles. The van der Waals surface area contributed by atoms with Gasteiger partial charge in [0.25, 0.3) is 0 Å². The van der Waals surface area contributed by atoms with E-state index in [0.29, 0.717) is 6.04 Å². The maximum atomic E-state index is 5.97. The standard InChI is InChI=1S/C12H21N3S/c13-11-3-1-2-10(8-11)9-14-5-4-12-15-6-7-16-12/h6-7,10-11,14H,1-5,8-9,13H2. The number of nitrogens with one attached hydrogen (secondary N) is 1. The topological polar surface area (TPSA) is 50.9 Å². The second-order valence-electron chi connectivity index (χ2n) is 4.67. The molecule has 1 saturated carbocycles. The van der Waals surface area contributed by atoms with E-state index in [9.17, 15) is 0 Å². The largest absolute Gasteiger partial charge is 0.328 e. The summed E-state index contributed by atoms with van der Waals surface area (Å²) < 4.78 is 0. The van der Waals surface area contributed by atoms with Crippen LogP contribution < -0.4 is 11.1 Å². The first-order valence-electron chi connectivity index (χ1n) is 6.19. The summed E-state index contributed by atoms with van der Waals surface area (Å²) in [5, 5.41) is 6.79. The van der Waals surface area contributed by atoms with Gasteiger partial charge in [-0.2, -0.15) is 0 Å². The monoisotopic (exact) mass is 239 g/mol. The fourth-order valence-electron chi connectivity index (χ4n) is 2.40. The van der Waals surface area contributed by atoms with Gasteiger partial charge >= 0.3 is 0 Å². The van der Waals surface area contributed by atoms with Gasteiger partial charge in [-0.1, -0.05) is 6.42 Å². The fourth-order valence-corrected chi connectivity index (χ4v) is 3.02. The smallest absolute Gasteiger partial charge is 0.0937 e. The van der Waals surface area contributed by atoms with E-state index in [0.717, 1.165) is 25.4 Å². The molecule has 0 saturated heterocycles. The molecule has 2 unspecified atom stereocenters. The van der Waals surface area contributed by atoms with Gasteiger partial charge < -0.3 is 11.1 Å². The minimum Gasteiger partial charge on any atom is -0.328 e. The first-order chi connectivity index (χ1) is 7.84. The molecule has 0 aromatic carbocycles. The molecule has 1 aromatic heterocycles. The van der Waals surface area contributed by atoms with Crippen LogP contribution in [0.2, 0.25) is 0 Å². The van der Waals surface area contributed by atoms with E-state index in [1.807, 2.05) is 11.6 Å². The van der Waals surface area contributed by atoms with Crippen LogP contribution in [-0.4, -0.2) is 24.1 Å². The Labute approximate surface area is 101 Å². The first kappa shape index (κ1) is 12.0. The van der Waals surface area contributed by atoms with E-state index >= 15 is 0 Å². The molecule has 16 heavy (non-hydrogen) atoms. The van der Waals surface area contributed by atoms with Gasteiger partial charge in [-0.3, -0.25) is 0 Å². The Morgan fingerprint density at radius 1 is 1.50 bits per heavy atom. The van der Waals surface area contributed by atoms with Gasteiger partial charge in [0.1, 0.15) is 0 Å². The second-order valence-corrected chi connectivity index (χ2v) is 5.65. The Hall–Kier alpha value is -0.450. The Balaban J connectivity index is 1.57. The summed E-state index contributed by atoms with van der Waals surface area (Å²) in [5.74, 6) is 0.792. The lowest BCUT2D eigenvalue weighted by Gasteiger charge is -2.26. The molecule has 0 bridgehead atoms. The lowest BCUT2D eigenvalue weighted by atomic mass is 9.86. The van der Waals surface area contributed by atoms with Crippen LogP contribution in [-0.2, 0) is 6.42 Å². The molecule has 90 valence electrons. The van der Waals surface area contributed by atoms with Crippen molar-refractivity contribution in [1.82, 2.24) is 10.3 Å². The van der Waals surface area contributed by atoms with Gasteiger partial charge in [0.2, 0.25) is 0 Å². The zero-order chi connectivity index (χ0) is 11.2. The summed E-state index contributed by atoms with van der Waals surface area (Å²) in [6, 6.07) is 0.444. The third kappa shape index (κ3) is 3.85. The minimum absolute atomic E-state index is 0.444. The number of rotatable bonds is 5. The van der Waals surface area contributed by atoms with Gasteiger partial charge in [0, 0.05) is 30.6 Å². The molecular weight excluding hydrogens is 218 g/mol. The van der Waals surface area contributed by atoms with Crippen LogP contribution in [0.15, 0.2) is 11.6 Å². The van der Waals surface area contributed by atoms with Crippen molar-refractivity contribution in [2.24, 2.45) is 11.7 Å². The fraction of sp³-hybridized carbons (Fsp3) is 0.750. The molecule has 2 rings (SSSR count). The molecule has 2 atom stereocenters. The van der Waals surface area contributed by atoms with Gasteiger partial charge in [0.15, 0.2) is 0 Å². The van der Waals surface area contributed by atoms with Crippen molar-refractivity contribution in [2.75, 3.05) is 13.1 Å². The third-order valence-electron chi connectivity index (χ3n) is 3.26. The van der Waals surface area contributed by atoms with E-state index in [1.165, 1.54) is 30.7 Å². The van der Waals surface area contributed by atoms with Crippen LogP contribution in [0.4, 0.5) is 0 Å². The molecule has 1 heterocycles. The van der Waals surface area contributed by atoms with Crippen LogP contribution in [0.3, 0.4) is 0 Å². The summed E-state index contributed by atoms with van der Waals surface area (Å²) in [5.41, 5.74) is 5.97. The van der Waals surface area contributed by atoms with E-state index < -0.39 is 0 Å². The highest BCUT2D eigenvalue weighted by atomic mass is 32.1. The molecule has 0 radical (unpaired) electrons. The van der Waals surface area contributed by atoms with Crippen molar-refractivity contribution >= 4 is 11.3 Å². The highest BCUT2D eigenvalue weighted by Gasteiger charge is 2.18. The van der Waals surface area contributed by atoms with E-state index in [2.05, 4.69) is 10.3 Å². The van der Waals surface area contributed by atoms with Gasteiger partial charge in [-0.25, -0.2) is 4.98 Å². The van der Waals surface area contributed by atoms with Crippen LogP contribution in [0.1, 0.15) is 30.7 Å². The summed E-state index contributed by atoms with van der Waals surface area (Å²) in [4.78, 5) is 4.27. The number of nitrogens with two attached hydrogens (primary N) is 1. The zero-order valence-corrected chi connectivity index (χ0v) is 10.5. The lowest BCUT2D eigenvalue weighted by Crippen LogP contribution is -2.33. The van der Waals surface area contributed by atoms with Crippen molar-refractivity contribution < 1.29 is 0 Å². The molecule has 4 heteroatoms. The molecule has 1 aromatic rings. The van der Waals surface area contributed by atoms with E-state index in [-0.39, 0.29) is 0 Å². The van der Waals surface area contributed by atoms with Crippen LogP contribution in [0.25, 0.3) is 0 Å². The number of nitrogens with zero attached hydrogens (tertiary/aromatic N) is 1. The quantitative estimate of drug-likeness (QED) is 0.770. The lowest BCUT2D eigenvalue weighted by molar-refractivity contribution is 0.311. The summed E-state index contributed by atoms with van der Waals surface area (Å²) in [7, 11) is 0. The molecule has 3 nitrogen and oxygen atoms in total. The van der Waals surface area contributed by atoms with Crippen molar-refractivity contribution in [2.45, 2.75) is 38.1 Å². The predicted octanol–water partition coefficient (Wildman–Crippen LogP) is 1.79. The van der Waals surface area contributed by atoms with Crippen molar-refractivity contribution in [3.8, 4) is 0 Å². The van der Waals surface area contributed by atoms with Crippen molar-refractivity contribution in [3.63, 3.8) is 0 Å². The maximum Gasteiger partial charge on any atom is 0.0937 e. The zero-order valence-electron chi connectivity index (χ0n) is 9.69. The Morgan fingerprint density at radius 3 is 3.19 bits per heavy atom. The number of thiazole rings is 1. The third-order valence-corrected chi connectivity index (χ3v) is 4.09. The molecule has 0 spiro atoms. The molecule has 0 amide bonds. The van der Waals surface area contributed by atoms with Gasteiger partial charge in [-0.05, 0) is 31.7 Å². The number of aromatic nitrogens is 1. The van der Waals surface area contributed by atoms with Crippen LogP contribution >= 0.6 is 11.3 Å². The predicted molar refractivity (Wildman–Crippen MR) is 68.6 cm³/mol. The van der Waals surface area contributed by atoms with Crippen LogP contribution in [0.5, 0.6) is 0 Å². The normalized spacial score (nSPS) is 25.8. The number of hydrogen-bond donors (Lipinski definition) is 2. The summed E-state index contributed by atoms with van der Waals surface area (Å²) in [6.45, 7) is 2.17. The molecular formula is C12H21N3S. The van der Waals surface area contributed by atoms with Crippen molar-refractivity contribution in [3.05, 3.63) is 16.6 Å². The average molecular weight is 239 g/mol. The molecule has 1 aliphatic rings. The average Bonchev–Trinajstić information content (AvgIpc) is 2.77. The van der Waals surface area contributed by atoms with E-state index in [4.69, 9.17) is 5.73 Å². The molecule has 1 aliphatic carbocycles. The van der Waals surface area contributed by atoms with Crippen molar-refractivity contribution in [1.29, 1.82) is 0 Å². The first-order valence-corrected chi connectivity index (χ1v) is 7.07. The molecule has 3 N–H and O–H groups in total. The van der Waals surface area contributed by atoms with Crippen LogP contribution in [0, 0.1) is 5.92 Å². The highest BCUT2D eigenvalue weighted by molar-refractivity contribution is 7.09. The van der Waals surface area contributed by atoms with Gasteiger partial charge in [-0.15, -0.1) is 11.3 Å². The summed E-state index contributed by atoms with van der Waals surface area (Å²) in [6.07, 6.45) is 7.99. The Kier molecular flexibility index (Phi) is 4.75. The summed E-state index contributed by atoms with van der Waals surface area (Å²) >= 11 is 1.74. The van der Waals surface area contributed by atoms with Gasteiger partial charge in [0.05, 0.1) is 5.01 Å². The Bertz CT molecular complexity index is 286. The number of hydrogen-bond acceptors (Lipinski definition) is 4. The molecule has 1 fully saturated rings. The second kappa shape index (κ2) is 6.33. The Morgan fingerprint density at radius 2 is 2.44 bits per heavy atom. The SMILES string of the molecule is NC1CCCC(CNCCc2nccs2)C1. The minimum atomic E-state index is 0.444. The van der Waals surface area contributed by atoms with E-state index in [1.54, 1.807) is 11.3 Å².